The fourth-order valence-electron chi connectivity index (χ4n) is 1.51. The Morgan fingerprint density at radius 2 is 2.05 bits per heavy atom. The third kappa shape index (κ3) is 2.57. The lowest BCUT2D eigenvalue weighted by Crippen LogP contribution is -2.06. The molecule has 2 rings (SSSR count). The molecule has 0 unspecified atom stereocenters. The topological polar surface area (TPSA) is 111 Å². The van der Waals surface area contributed by atoms with Crippen LogP contribution in [-0.2, 0) is 4.74 Å². The van der Waals surface area contributed by atoms with Crippen molar-refractivity contribution in [2.45, 2.75) is 6.92 Å². The van der Waals surface area contributed by atoms with E-state index in [2.05, 4.69) is 15.4 Å². The molecule has 1 aromatic carbocycles. The summed E-state index contributed by atoms with van der Waals surface area (Å²) in [6.07, 6.45) is 0. The van der Waals surface area contributed by atoms with E-state index in [0.29, 0.717) is 11.3 Å². The van der Waals surface area contributed by atoms with Crippen LogP contribution in [0.4, 0.5) is 5.69 Å². The van der Waals surface area contributed by atoms with E-state index >= 15 is 0 Å². The summed E-state index contributed by atoms with van der Waals surface area (Å²) in [5.74, 6) is -0.593. The van der Waals surface area contributed by atoms with Gasteiger partial charge in [-0.05, 0) is 19.1 Å². The van der Waals surface area contributed by atoms with Gasteiger partial charge < -0.3 is 4.74 Å². The third-order valence-corrected chi connectivity index (χ3v) is 2.37. The minimum absolute atomic E-state index is 0.0371. The highest BCUT2D eigenvalue weighted by molar-refractivity contribution is 5.93. The van der Waals surface area contributed by atoms with Gasteiger partial charge in [0.05, 0.1) is 11.5 Å². The second-order valence-corrected chi connectivity index (χ2v) is 3.55. The second kappa shape index (κ2) is 5.25. The highest BCUT2D eigenvalue weighted by Gasteiger charge is 2.19. The van der Waals surface area contributed by atoms with Gasteiger partial charge in [-0.1, -0.05) is 0 Å². The van der Waals surface area contributed by atoms with Crippen molar-refractivity contribution in [1.29, 1.82) is 0 Å². The summed E-state index contributed by atoms with van der Waals surface area (Å²) in [6.45, 7) is 1.91. The molecule has 0 spiro atoms. The first-order valence-electron chi connectivity index (χ1n) is 5.46. The SMILES string of the molecule is CCOC(=O)c1n[nH]nc1-c1ccc([N+](=O)[O-])cc1. The van der Waals surface area contributed by atoms with Crippen molar-refractivity contribution >= 4 is 11.7 Å². The number of hydrogen-bond acceptors (Lipinski definition) is 6. The Bertz CT molecular complexity index is 605. The molecule has 0 aliphatic carbocycles. The maximum atomic E-state index is 11.6. The first-order valence-corrected chi connectivity index (χ1v) is 5.46. The van der Waals surface area contributed by atoms with Crippen molar-refractivity contribution in [3.63, 3.8) is 0 Å². The zero-order valence-corrected chi connectivity index (χ0v) is 9.99. The number of nitrogens with zero attached hydrogens (tertiary/aromatic N) is 3. The molecule has 0 bridgehead atoms. The summed E-state index contributed by atoms with van der Waals surface area (Å²) in [7, 11) is 0. The average molecular weight is 262 g/mol. The van der Waals surface area contributed by atoms with E-state index < -0.39 is 10.9 Å². The number of carbonyl (C=O) groups excluding carboxylic acids is 1. The number of aromatic amines is 1. The Morgan fingerprint density at radius 3 is 2.63 bits per heavy atom. The predicted molar refractivity (Wildman–Crippen MR) is 64.4 cm³/mol. The molecule has 19 heavy (non-hydrogen) atoms. The second-order valence-electron chi connectivity index (χ2n) is 3.55. The molecule has 98 valence electrons. The third-order valence-electron chi connectivity index (χ3n) is 2.37. The van der Waals surface area contributed by atoms with E-state index in [1.165, 1.54) is 24.3 Å². The van der Waals surface area contributed by atoms with E-state index in [0.717, 1.165) is 0 Å². The van der Waals surface area contributed by atoms with Gasteiger partial charge in [-0.2, -0.15) is 10.3 Å². The Kier molecular flexibility index (Phi) is 3.51. The number of esters is 1. The Morgan fingerprint density at radius 1 is 1.37 bits per heavy atom. The van der Waals surface area contributed by atoms with Crippen molar-refractivity contribution in [3.05, 3.63) is 40.1 Å². The number of nitro benzene ring substituents is 1. The molecule has 1 aromatic heterocycles. The van der Waals surface area contributed by atoms with E-state index in [4.69, 9.17) is 4.74 Å². The van der Waals surface area contributed by atoms with Crippen LogP contribution in [0, 0.1) is 10.1 Å². The molecule has 0 aliphatic rings. The summed E-state index contributed by atoms with van der Waals surface area (Å²) >= 11 is 0. The Labute approximate surface area is 107 Å². The number of rotatable bonds is 4. The smallest absolute Gasteiger partial charge is 0.361 e. The van der Waals surface area contributed by atoms with Gasteiger partial charge in [-0.15, -0.1) is 5.10 Å². The molecule has 0 amide bonds. The number of ether oxygens (including phenoxy) is 1. The van der Waals surface area contributed by atoms with E-state index in [1.54, 1.807) is 6.92 Å². The van der Waals surface area contributed by atoms with Gasteiger partial charge >= 0.3 is 5.97 Å². The van der Waals surface area contributed by atoms with Crippen molar-refractivity contribution in [2.75, 3.05) is 6.61 Å². The fourth-order valence-corrected chi connectivity index (χ4v) is 1.51. The van der Waals surface area contributed by atoms with Crippen LogP contribution in [0.2, 0.25) is 0 Å². The molecule has 0 saturated heterocycles. The van der Waals surface area contributed by atoms with E-state index in [9.17, 15) is 14.9 Å². The number of aromatic nitrogens is 3. The number of non-ortho nitro benzene ring substituents is 1. The molecule has 1 N–H and O–H groups in total. The minimum atomic E-state index is -0.593. The van der Waals surface area contributed by atoms with Gasteiger partial charge in [0.1, 0.15) is 5.69 Å². The van der Waals surface area contributed by atoms with Crippen LogP contribution in [0.5, 0.6) is 0 Å². The van der Waals surface area contributed by atoms with Crippen LogP contribution >= 0.6 is 0 Å². The minimum Gasteiger partial charge on any atom is -0.461 e. The van der Waals surface area contributed by atoms with Gasteiger partial charge in [-0.3, -0.25) is 10.1 Å². The molecule has 0 aliphatic heterocycles. The Balaban J connectivity index is 2.34. The van der Waals surface area contributed by atoms with Crippen molar-refractivity contribution < 1.29 is 14.5 Å². The number of H-pyrrole nitrogens is 1. The van der Waals surface area contributed by atoms with Gasteiger partial charge in [0, 0.05) is 17.7 Å². The molecule has 0 atom stereocenters. The molecule has 0 fully saturated rings. The lowest BCUT2D eigenvalue weighted by Gasteiger charge is -2.00. The number of nitrogens with one attached hydrogen (secondary N) is 1. The number of carbonyl (C=O) groups is 1. The lowest BCUT2D eigenvalue weighted by atomic mass is 10.1. The first kappa shape index (κ1) is 12.7. The van der Waals surface area contributed by atoms with Crippen LogP contribution < -0.4 is 0 Å². The van der Waals surface area contributed by atoms with Crippen LogP contribution in [-0.4, -0.2) is 32.9 Å². The quantitative estimate of drug-likeness (QED) is 0.508. The van der Waals surface area contributed by atoms with Crippen LogP contribution in [0.15, 0.2) is 24.3 Å². The summed E-state index contributed by atoms with van der Waals surface area (Å²) in [5, 5.41) is 20.5. The first-order chi connectivity index (χ1) is 9.13. The average Bonchev–Trinajstić information content (AvgIpc) is 2.88. The van der Waals surface area contributed by atoms with Gasteiger partial charge in [-0.25, -0.2) is 4.79 Å². The highest BCUT2D eigenvalue weighted by Crippen LogP contribution is 2.22. The van der Waals surface area contributed by atoms with Crippen molar-refractivity contribution in [3.8, 4) is 11.3 Å². The molecular weight excluding hydrogens is 252 g/mol. The van der Waals surface area contributed by atoms with Gasteiger partial charge in [0.25, 0.3) is 5.69 Å². The fraction of sp³-hybridized carbons (Fsp3) is 0.182. The number of nitro groups is 1. The summed E-state index contributed by atoms with van der Waals surface area (Å²) < 4.78 is 4.84. The van der Waals surface area contributed by atoms with Crippen LogP contribution in [0.25, 0.3) is 11.3 Å². The zero-order chi connectivity index (χ0) is 13.8. The molecule has 0 saturated carbocycles. The summed E-state index contributed by atoms with van der Waals surface area (Å²) in [4.78, 5) is 21.7. The monoisotopic (exact) mass is 262 g/mol. The maximum absolute atomic E-state index is 11.6. The van der Waals surface area contributed by atoms with Crippen LogP contribution in [0.1, 0.15) is 17.4 Å². The Hall–Kier alpha value is -2.77. The van der Waals surface area contributed by atoms with Gasteiger partial charge in [0.15, 0.2) is 5.69 Å². The maximum Gasteiger partial charge on any atom is 0.361 e. The molecule has 2 aromatic rings. The standard InChI is InChI=1S/C11H10N4O4/c1-2-19-11(16)10-9(12-14-13-10)7-3-5-8(6-4-7)15(17)18/h3-6H,2H2,1H3,(H,12,13,14). The number of hydrogen-bond donors (Lipinski definition) is 1. The molecule has 1 heterocycles. The normalized spacial score (nSPS) is 10.2. The van der Waals surface area contributed by atoms with E-state index in [-0.39, 0.29) is 18.0 Å². The van der Waals surface area contributed by atoms with E-state index in [1.807, 2.05) is 0 Å². The van der Waals surface area contributed by atoms with Crippen molar-refractivity contribution in [1.82, 2.24) is 15.4 Å². The van der Waals surface area contributed by atoms with Gasteiger partial charge in [0.2, 0.25) is 0 Å². The molecule has 8 heteroatoms. The summed E-state index contributed by atoms with van der Waals surface area (Å²) in [6, 6.07) is 5.66. The largest absolute Gasteiger partial charge is 0.461 e. The highest BCUT2D eigenvalue weighted by atomic mass is 16.6. The predicted octanol–water partition coefficient (Wildman–Crippen LogP) is 1.56. The van der Waals surface area contributed by atoms with Crippen molar-refractivity contribution in [2.24, 2.45) is 0 Å². The summed E-state index contributed by atoms with van der Waals surface area (Å²) in [5.41, 5.74) is 0.858. The zero-order valence-electron chi connectivity index (χ0n) is 9.99. The molecule has 8 nitrogen and oxygen atoms in total. The molecule has 0 radical (unpaired) electrons. The number of benzene rings is 1. The van der Waals surface area contributed by atoms with Crippen LogP contribution in [0.3, 0.4) is 0 Å². The lowest BCUT2D eigenvalue weighted by molar-refractivity contribution is -0.384. The molecular formula is C11H10N4O4.